The fourth-order valence-corrected chi connectivity index (χ4v) is 2.77. The molecule has 10 heteroatoms. The van der Waals surface area contributed by atoms with Gasteiger partial charge in [0.25, 0.3) is 0 Å². The highest BCUT2D eigenvalue weighted by molar-refractivity contribution is 5.91. The first kappa shape index (κ1) is 26.4. The number of carbonyl (C=O) groups excluding carboxylic acids is 3. The zero-order chi connectivity index (χ0) is 24.1. The standard InChI is InChI=1S/C22H31N5O5/c1-5-15(4)19(27-22(31)32-13-16-9-7-6-8-10-16)21(30)26-18(14(2)3)20(29)24-11-17(28)12-25-23/h6-10,12,14-15,18-19H,5,11,13H2,1-4H3,(H3-,24,26,27,28,29,30,31)/p+1/b17-12-/t15-,18-,19-/m0/s1. The lowest BCUT2D eigenvalue weighted by Gasteiger charge is -2.27. The lowest BCUT2D eigenvalue weighted by molar-refractivity contribution is -0.131. The summed E-state index contributed by atoms with van der Waals surface area (Å²) in [6.45, 7) is 7.01. The summed E-state index contributed by atoms with van der Waals surface area (Å²) in [6, 6.07) is 7.34. The van der Waals surface area contributed by atoms with E-state index in [1.54, 1.807) is 13.8 Å². The number of aliphatic hydroxyl groups is 1. The molecule has 3 atom stereocenters. The van der Waals surface area contributed by atoms with Gasteiger partial charge in [0.15, 0.2) is 10.7 Å². The predicted molar refractivity (Wildman–Crippen MR) is 119 cm³/mol. The maximum absolute atomic E-state index is 12.9. The zero-order valence-corrected chi connectivity index (χ0v) is 18.9. The van der Waals surface area contributed by atoms with Crippen LogP contribution in [0.5, 0.6) is 0 Å². The first-order valence-electron chi connectivity index (χ1n) is 10.5. The van der Waals surface area contributed by atoms with Crippen LogP contribution in [0.25, 0.3) is 4.98 Å². The third-order valence-electron chi connectivity index (χ3n) is 4.88. The molecule has 0 aromatic heterocycles. The van der Waals surface area contributed by atoms with E-state index in [2.05, 4.69) is 20.9 Å². The molecule has 0 saturated carbocycles. The molecule has 174 valence electrons. The van der Waals surface area contributed by atoms with Crippen LogP contribution in [0, 0.1) is 17.2 Å². The van der Waals surface area contributed by atoms with Crippen molar-refractivity contribution in [1.29, 1.82) is 5.39 Å². The maximum atomic E-state index is 12.9. The summed E-state index contributed by atoms with van der Waals surface area (Å²) in [5.74, 6) is -1.88. The van der Waals surface area contributed by atoms with Gasteiger partial charge < -0.3 is 25.8 Å². The average molecular weight is 447 g/mol. The minimum absolute atomic E-state index is 0.0652. The minimum atomic E-state index is -0.907. The Hall–Kier alpha value is -3.61. The number of carbonyl (C=O) groups is 3. The van der Waals surface area contributed by atoms with E-state index < -0.39 is 30.0 Å². The summed E-state index contributed by atoms with van der Waals surface area (Å²) in [5, 5.41) is 25.6. The van der Waals surface area contributed by atoms with Crippen molar-refractivity contribution in [2.45, 2.75) is 52.8 Å². The number of nitrogens with one attached hydrogen (secondary N) is 3. The molecule has 0 aliphatic rings. The molecule has 0 aliphatic carbocycles. The summed E-state index contributed by atoms with van der Waals surface area (Å²) < 4.78 is 5.22. The number of diazo groups is 1. The molecule has 0 unspecified atom stereocenters. The summed E-state index contributed by atoms with van der Waals surface area (Å²) in [5.41, 5.74) is 0.815. The first-order valence-corrected chi connectivity index (χ1v) is 10.5. The summed E-state index contributed by atoms with van der Waals surface area (Å²) in [6.07, 6.45) is 0.661. The van der Waals surface area contributed by atoms with Crippen molar-refractivity contribution in [3.63, 3.8) is 0 Å². The van der Waals surface area contributed by atoms with Gasteiger partial charge in [-0.25, -0.2) is 4.79 Å². The number of benzene rings is 1. The Morgan fingerprint density at radius 1 is 1.09 bits per heavy atom. The number of nitrogens with zero attached hydrogens (tertiary/aromatic N) is 2. The summed E-state index contributed by atoms with van der Waals surface area (Å²) in [4.78, 5) is 40.4. The van der Waals surface area contributed by atoms with Crippen molar-refractivity contribution in [1.82, 2.24) is 16.0 Å². The molecule has 0 aliphatic heterocycles. The molecule has 0 heterocycles. The van der Waals surface area contributed by atoms with Crippen LogP contribution in [-0.2, 0) is 20.9 Å². The second-order valence-corrected chi connectivity index (χ2v) is 7.75. The highest BCUT2D eigenvalue weighted by Crippen LogP contribution is 2.11. The molecule has 0 bridgehead atoms. The van der Waals surface area contributed by atoms with Gasteiger partial charge in [-0.2, -0.15) is 0 Å². The maximum Gasteiger partial charge on any atom is 0.408 e. The van der Waals surface area contributed by atoms with E-state index in [0.29, 0.717) is 6.42 Å². The molecule has 0 radical (unpaired) electrons. The van der Waals surface area contributed by atoms with Crippen LogP contribution in [0.4, 0.5) is 4.79 Å². The van der Waals surface area contributed by atoms with Crippen LogP contribution in [0.2, 0.25) is 0 Å². The van der Waals surface area contributed by atoms with E-state index in [4.69, 9.17) is 10.1 Å². The smallest absolute Gasteiger partial charge is 0.408 e. The van der Waals surface area contributed by atoms with Crippen LogP contribution < -0.4 is 16.0 Å². The van der Waals surface area contributed by atoms with Crippen molar-refractivity contribution in [2.24, 2.45) is 11.8 Å². The predicted octanol–water partition coefficient (Wildman–Crippen LogP) is 2.84. The first-order chi connectivity index (χ1) is 15.2. The highest BCUT2D eigenvalue weighted by atomic mass is 16.5. The van der Waals surface area contributed by atoms with Crippen molar-refractivity contribution in [3.8, 4) is 0 Å². The lowest BCUT2D eigenvalue weighted by Crippen LogP contribution is -2.57. The monoisotopic (exact) mass is 446 g/mol. The molecule has 32 heavy (non-hydrogen) atoms. The van der Waals surface area contributed by atoms with Crippen LogP contribution in [0.1, 0.15) is 39.7 Å². The molecule has 10 nitrogen and oxygen atoms in total. The van der Waals surface area contributed by atoms with E-state index in [-0.39, 0.29) is 30.7 Å². The second-order valence-electron chi connectivity index (χ2n) is 7.75. The number of amides is 3. The molecule has 0 saturated heterocycles. The van der Waals surface area contributed by atoms with Gasteiger partial charge in [-0.3, -0.25) is 9.59 Å². The van der Waals surface area contributed by atoms with Gasteiger partial charge in [-0.05, 0) is 17.4 Å². The molecule has 3 amide bonds. The van der Waals surface area contributed by atoms with Gasteiger partial charge in [0.05, 0.1) is 6.54 Å². The average Bonchev–Trinajstić information content (AvgIpc) is 2.78. The van der Waals surface area contributed by atoms with Crippen LogP contribution in [-0.4, -0.2) is 41.6 Å². The van der Waals surface area contributed by atoms with E-state index in [1.165, 1.54) is 0 Å². The van der Waals surface area contributed by atoms with Crippen LogP contribution in [0.15, 0.2) is 42.3 Å². The highest BCUT2D eigenvalue weighted by Gasteiger charge is 2.31. The Morgan fingerprint density at radius 2 is 1.75 bits per heavy atom. The second kappa shape index (κ2) is 13.6. The minimum Gasteiger partial charge on any atom is -0.504 e. The fraction of sp³-hybridized carbons (Fsp3) is 0.500. The zero-order valence-electron chi connectivity index (χ0n) is 18.9. The van der Waals surface area contributed by atoms with Crippen LogP contribution >= 0.6 is 0 Å². The normalized spacial score (nSPS) is 13.9. The Bertz CT molecular complexity index is 835. The third-order valence-corrected chi connectivity index (χ3v) is 4.88. The summed E-state index contributed by atoms with van der Waals surface area (Å²) in [7, 11) is 0. The van der Waals surface area contributed by atoms with E-state index in [0.717, 1.165) is 11.8 Å². The number of alkyl carbamates (subject to hydrolysis) is 1. The van der Waals surface area contributed by atoms with Gasteiger partial charge in [-0.15, -0.1) is 0 Å². The number of hydrogen-bond acceptors (Lipinski definition) is 6. The Kier molecular flexibility index (Phi) is 11.3. The van der Waals surface area contributed by atoms with Gasteiger partial charge in [-0.1, -0.05) is 64.4 Å². The van der Waals surface area contributed by atoms with Gasteiger partial charge >= 0.3 is 12.3 Å². The molecule has 0 fully saturated rings. The number of ether oxygens (including phenoxy) is 1. The number of hydrogen-bond donors (Lipinski definition) is 4. The number of aliphatic hydroxyl groups excluding tert-OH is 1. The van der Waals surface area contributed by atoms with Crippen molar-refractivity contribution >= 4 is 17.9 Å². The van der Waals surface area contributed by atoms with Crippen molar-refractivity contribution in [2.75, 3.05) is 6.54 Å². The lowest BCUT2D eigenvalue weighted by atomic mass is 9.96. The Morgan fingerprint density at radius 3 is 2.31 bits per heavy atom. The Labute approximate surface area is 188 Å². The third kappa shape index (κ3) is 9.04. The summed E-state index contributed by atoms with van der Waals surface area (Å²) >= 11 is 0. The molecular weight excluding hydrogens is 414 g/mol. The van der Waals surface area contributed by atoms with Crippen LogP contribution in [0.3, 0.4) is 0 Å². The quantitative estimate of drug-likeness (QED) is 0.304. The molecule has 1 aromatic carbocycles. The molecule has 4 N–H and O–H groups in total. The molecular formula is C22H32N5O5+. The largest absolute Gasteiger partial charge is 0.504 e. The Balaban J connectivity index is 2.79. The molecule has 1 aromatic rings. The molecule has 0 spiro atoms. The SMILES string of the molecule is CC[C@H](C)[C@H](NC(=O)OCc1ccccc1)C(=O)N[C@H](C(=O)NC/C(O)=C/[N+]#N)C(C)C. The van der Waals surface area contributed by atoms with E-state index >= 15 is 0 Å². The van der Waals surface area contributed by atoms with Gasteiger partial charge in [0.2, 0.25) is 17.2 Å². The topological polar surface area (TPSA) is 145 Å². The fourth-order valence-electron chi connectivity index (χ4n) is 2.77. The number of rotatable bonds is 11. The van der Waals surface area contributed by atoms with E-state index in [1.807, 2.05) is 44.2 Å². The van der Waals surface area contributed by atoms with Gasteiger partial charge in [0.1, 0.15) is 18.7 Å². The van der Waals surface area contributed by atoms with E-state index in [9.17, 15) is 19.5 Å². The van der Waals surface area contributed by atoms with Gasteiger partial charge in [0, 0.05) is 0 Å². The molecule has 1 rings (SSSR count). The van der Waals surface area contributed by atoms with Crippen molar-refractivity contribution < 1.29 is 24.2 Å². The van der Waals surface area contributed by atoms with Crippen molar-refractivity contribution in [3.05, 3.63) is 52.8 Å².